The van der Waals surface area contributed by atoms with Gasteiger partial charge in [0.05, 0.1) is 12.8 Å². The van der Waals surface area contributed by atoms with E-state index in [9.17, 15) is 14.4 Å². The molecule has 0 aromatic heterocycles. The molecule has 1 heterocycles. The monoisotopic (exact) mass is 333 g/mol. The predicted octanol–water partition coefficient (Wildman–Crippen LogP) is 1.68. The molecule has 1 aliphatic rings. The van der Waals surface area contributed by atoms with Crippen LogP contribution in [0.4, 0.5) is 11.4 Å². The Morgan fingerprint density at radius 2 is 1.92 bits per heavy atom. The third kappa shape index (κ3) is 4.24. The van der Waals surface area contributed by atoms with Crippen LogP contribution in [-0.4, -0.2) is 36.9 Å². The molecular formula is C17H23N3O4. The van der Waals surface area contributed by atoms with Gasteiger partial charge in [0.1, 0.15) is 5.75 Å². The summed E-state index contributed by atoms with van der Waals surface area (Å²) in [5.41, 5.74) is 0.597. The van der Waals surface area contributed by atoms with Crippen LogP contribution < -0.4 is 20.3 Å². The van der Waals surface area contributed by atoms with Crippen LogP contribution in [0.3, 0.4) is 0 Å². The highest BCUT2D eigenvalue weighted by Gasteiger charge is 2.25. The van der Waals surface area contributed by atoms with E-state index in [2.05, 4.69) is 10.6 Å². The Kier molecular flexibility index (Phi) is 5.11. The maximum Gasteiger partial charge on any atom is 0.313 e. The third-order valence-electron chi connectivity index (χ3n) is 3.50. The first-order valence-corrected chi connectivity index (χ1v) is 7.83. The fourth-order valence-corrected chi connectivity index (χ4v) is 2.47. The van der Waals surface area contributed by atoms with Crippen molar-refractivity contribution in [1.82, 2.24) is 5.32 Å². The van der Waals surface area contributed by atoms with Crippen LogP contribution in [0.15, 0.2) is 18.2 Å². The van der Waals surface area contributed by atoms with E-state index in [4.69, 9.17) is 4.74 Å². The Labute approximate surface area is 141 Å². The van der Waals surface area contributed by atoms with Crippen LogP contribution in [0.5, 0.6) is 5.75 Å². The number of hydrogen-bond donors (Lipinski definition) is 2. The third-order valence-corrected chi connectivity index (χ3v) is 3.50. The van der Waals surface area contributed by atoms with Crippen LogP contribution >= 0.6 is 0 Å². The second kappa shape index (κ2) is 6.90. The van der Waals surface area contributed by atoms with E-state index >= 15 is 0 Å². The molecule has 3 amide bonds. The lowest BCUT2D eigenvalue weighted by molar-refractivity contribution is -0.137. The number of hydrogen-bond acceptors (Lipinski definition) is 4. The largest absolute Gasteiger partial charge is 0.494 e. The summed E-state index contributed by atoms with van der Waals surface area (Å²) in [6.45, 7) is 6.03. The summed E-state index contributed by atoms with van der Waals surface area (Å²) in [4.78, 5) is 37.3. The molecule has 0 unspecified atom stereocenters. The van der Waals surface area contributed by atoms with Gasteiger partial charge in [0.25, 0.3) is 0 Å². The zero-order valence-corrected chi connectivity index (χ0v) is 14.4. The molecule has 0 aliphatic carbocycles. The number of carbonyl (C=O) groups is 3. The van der Waals surface area contributed by atoms with Gasteiger partial charge in [-0.05, 0) is 39.3 Å². The van der Waals surface area contributed by atoms with Crippen LogP contribution in [-0.2, 0) is 14.4 Å². The number of carbonyl (C=O) groups excluding carboxylic acids is 3. The number of nitrogens with zero attached hydrogens (tertiary/aromatic N) is 1. The molecule has 0 atom stereocenters. The van der Waals surface area contributed by atoms with E-state index in [1.54, 1.807) is 43.9 Å². The Morgan fingerprint density at radius 1 is 1.21 bits per heavy atom. The van der Waals surface area contributed by atoms with Crippen LogP contribution in [0.25, 0.3) is 0 Å². The van der Waals surface area contributed by atoms with E-state index in [1.165, 1.54) is 7.11 Å². The van der Waals surface area contributed by atoms with Gasteiger partial charge in [-0.2, -0.15) is 0 Å². The Balaban J connectivity index is 2.13. The van der Waals surface area contributed by atoms with Gasteiger partial charge in [-0.25, -0.2) is 0 Å². The molecule has 0 saturated carbocycles. The average molecular weight is 333 g/mol. The summed E-state index contributed by atoms with van der Waals surface area (Å²) in [6.07, 6.45) is 1.34. The van der Waals surface area contributed by atoms with E-state index in [0.717, 1.165) is 6.42 Å². The average Bonchev–Trinajstić information content (AvgIpc) is 2.91. The summed E-state index contributed by atoms with van der Waals surface area (Å²) < 4.78 is 5.32. The molecule has 1 aliphatic heterocycles. The highest BCUT2D eigenvalue weighted by atomic mass is 16.5. The number of anilines is 2. The number of benzene rings is 1. The summed E-state index contributed by atoms with van der Waals surface area (Å²) in [6, 6.07) is 4.95. The maximum atomic E-state index is 12.0. The van der Waals surface area contributed by atoms with Crippen molar-refractivity contribution in [1.29, 1.82) is 0 Å². The normalized spacial score (nSPS) is 14.5. The summed E-state index contributed by atoms with van der Waals surface area (Å²) in [7, 11) is 1.50. The molecular weight excluding hydrogens is 310 g/mol. The van der Waals surface area contributed by atoms with Crippen LogP contribution in [0.2, 0.25) is 0 Å². The van der Waals surface area contributed by atoms with E-state index in [-0.39, 0.29) is 5.91 Å². The molecule has 0 spiro atoms. The highest BCUT2D eigenvalue weighted by Crippen LogP contribution is 2.33. The lowest BCUT2D eigenvalue weighted by atomic mass is 10.1. The van der Waals surface area contributed by atoms with Crippen molar-refractivity contribution < 1.29 is 19.1 Å². The smallest absolute Gasteiger partial charge is 0.313 e. The van der Waals surface area contributed by atoms with Crippen molar-refractivity contribution >= 4 is 29.1 Å². The molecule has 7 nitrogen and oxygen atoms in total. The fraction of sp³-hybridized carbons (Fsp3) is 0.471. The number of nitrogens with one attached hydrogen (secondary N) is 2. The first-order valence-electron chi connectivity index (χ1n) is 7.83. The van der Waals surface area contributed by atoms with E-state index < -0.39 is 17.4 Å². The first kappa shape index (κ1) is 17.8. The van der Waals surface area contributed by atoms with Gasteiger partial charge < -0.3 is 20.3 Å². The van der Waals surface area contributed by atoms with Crippen molar-refractivity contribution in [3.05, 3.63) is 18.2 Å². The zero-order chi connectivity index (χ0) is 17.9. The number of ether oxygens (including phenoxy) is 1. The second-order valence-corrected chi connectivity index (χ2v) is 6.69. The summed E-state index contributed by atoms with van der Waals surface area (Å²) >= 11 is 0. The Hall–Kier alpha value is -2.57. The van der Waals surface area contributed by atoms with E-state index in [0.29, 0.717) is 30.1 Å². The van der Waals surface area contributed by atoms with Crippen LogP contribution in [0, 0.1) is 0 Å². The van der Waals surface area contributed by atoms with Gasteiger partial charge in [0, 0.05) is 30.3 Å². The highest BCUT2D eigenvalue weighted by molar-refractivity contribution is 6.39. The number of amides is 3. The predicted molar refractivity (Wildman–Crippen MR) is 91.1 cm³/mol. The van der Waals surface area contributed by atoms with Crippen molar-refractivity contribution in [3.63, 3.8) is 0 Å². The minimum absolute atomic E-state index is 0.0506. The molecule has 24 heavy (non-hydrogen) atoms. The number of methoxy groups -OCH3 is 1. The Morgan fingerprint density at radius 3 is 2.46 bits per heavy atom. The van der Waals surface area contributed by atoms with Gasteiger partial charge in [0.15, 0.2) is 0 Å². The molecule has 1 saturated heterocycles. The van der Waals surface area contributed by atoms with E-state index in [1.807, 2.05) is 0 Å². The molecule has 1 aromatic rings. The topological polar surface area (TPSA) is 87.7 Å². The lowest BCUT2D eigenvalue weighted by Crippen LogP contribution is -2.46. The molecule has 0 radical (unpaired) electrons. The SMILES string of the molecule is COc1cc(NC(=O)C(=O)NC(C)(C)C)ccc1N1CCCC1=O. The molecule has 1 fully saturated rings. The minimum atomic E-state index is -0.753. The minimum Gasteiger partial charge on any atom is -0.494 e. The van der Waals surface area contributed by atoms with Gasteiger partial charge in [-0.15, -0.1) is 0 Å². The van der Waals surface area contributed by atoms with Crippen molar-refractivity contribution in [3.8, 4) is 5.75 Å². The van der Waals surface area contributed by atoms with Crippen molar-refractivity contribution in [2.24, 2.45) is 0 Å². The van der Waals surface area contributed by atoms with Gasteiger partial charge in [-0.3, -0.25) is 14.4 Å². The maximum absolute atomic E-state index is 12.0. The zero-order valence-electron chi connectivity index (χ0n) is 14.4. The lowest BCUT2D eigenvalue weighted by Gasteiger charge is -2.21. The fourth-order valence-electron chi connectivity index (χ4n) is 2.47. The first-order chi connectivity index (χ1) is 11.2. The van der Waals surface area contributed by atoms with Crippen LogP contribution in [0.1, 0.15) is 33.6 Å². The molecule has 7 heteroatoms. The molecule has 130 valence electrons. The Bertz CT molecular complexity index is 664. The molecule has 2 rings (SSSR count). The van der Waals surface area contributed by atoms with Crippen molar-refractivity contribution in [2.45, 2.75) is 39.2 Å². The molecule has 2 N–H and O–H groups in total. The molecule has 1 aromatic carbocycles. The summed E-state index contributed by atoms with van der Waals surface area (Å²) in [5.74, 6) is -0.939. The van der Waals surface area contributed by atoms with Gasteiger partial charge >= 0.3 is 11.8 Å². The van der Waals surface area contributed by atoms with Crippen molar-refractivity contribution in [2.75, 3.05) is 23.9 Å². The second-order valence-electron chi connectivity index (χ2n) is 6.69. The number of rotatable bonds is 3. The summed E-state index contributed by atoms with van der Waals surface area (Å²) in [5, 5.41) is 5.13. The molecule has 0 bridgehead atoms. The van der Waals surface area contributed by atoms with Gasteiger partial charge in [-0.1, -0.05) is 0 Å². The standard InChI is InChI=1S/C17H23N3O4/c1-17(2,3)19-16(23)15(22)18-11-7-8-12(13(10-11)24-4)20-9-5-6-14(20)21/h7-8,10H,5-6,9H2,1-4H3,(H,18,22)(H,19,23). The quantitative estimate of drug-likeness (QED) is 0.824. The van der Waals surface area contributed by atoms with Gasteiger partial charge in [0.2, 0.25) is 5.91 Å².